The summed E-state index contributed by atoms with van der Waals surface area (Å²) in [6.07, 6.45) is 2.54. The minimum Gasteiger partial charge on any atom is -0.456 e. The van der Waals surface area contributed by atoms with E-state index in [0.717, 1.165) is 43.6 Å². The van der Waals surface area contributed by atoms with Gasteiger partial charge >= 0.3 is 5.97 Å². The molecule has 0 N–H and O–H groups in total. The molecule has 0 aliphatic carbocycles. The summed E-state index contributed by atoms with van der Waals surface area (Å²) in [5.74, 6) is -0.178. The number of carbonyl (C=O) groups excluding carboxylic acids is 1. The van der Waals surface area contributed by atoms with Crippen molar-refractivity contribution in [2.24, 2.45) is 0 Å². The Morgan fingerprint density at radius 1 is 0.938 bits per heavy atom. The maximum Gasteiger partial charge on any atom is 0.323 e. The van der Waals surface area contributed by atoms with Gasteiger partial charge in [0.15, 0.2) is 0 Å². The average Bonchev–Trinajstić information content (AvgIpc) is 2.80. The second-order valence-electron chi connectivity index (χ2n) is 8.61. The van der Waals surface area contributed by atoms with Gasteiger partial charge in [-0.2, -0.15) is 0 Å². The van der Waals surface area contributed by atoms with E-state index in [-0.39, 0.29) is 12.0 Å². The van der Waals surface area contributed by atoms with Gasteiger partial charge in [-0.3, -0.25) is 14.6 Å². The number of hydrogen-bond donors (Lipinski definition) is 0. The molecule has 0 bridgehead atoms. The molecule has 0 aromatic heterocycles. The van der Waals surface area contributed by atoms with Crippen LogP contribution in [0.2, 0.25) is 0 Å². The topological polar surface area (TPSA) is 51.2 Å². The number of rotatable bonds is 12. The fraction of sp³-hybridized carbons (Fsp3) is 0.500. The molecule has 1 aliphatic rings. The zero-order valence-electron chi connectivity index (χ0n) is 19.3. The predicted octanol–water partition coefficient (Wildman–Crippen LogP) is 3.71. The molecule has 0 unspecified atom stereocenters. The molecule has 6 nitrogen and oxygen atoms in total. The Kier molecular flexibility index (Phi) is 10.2. The number of hydrogen-bond acceptors (Lipinski definition) is 6. The zero-order valence-corrected chi connectivity index (χ0v) is 19.3. The van der Waals surface area contributed by atoms with Crippen LogP contribution in [-0.4, -0.2) is 68.4 Å². The maximum atomic E-state index is 13.1. The first-order valence-corrected chi connectivity index (χ1v) is 11.4. The highest BCUT2D eigenvalue weighted by Gasteiger charge is 2.31. The maximum absolute atomic E-state index is 13.1. The van der Waals surface area contributed by atoms with Crippen LogP contribution in [0.1, 0.15) is 30.4 Å². The highest BCUT2D eigenvalue weighted by Crippen LogP contribution is 2.19. The Morgan fingerprint density at radius 3 is 2.03 bits per heavy atom. The van der Waals surface area contributed by atoms with E-state index in [4.69, 9.17) is 14.2 Å². The summed E-state index contributed by atoms with van der Waals surface area (Å²) < 4.78 is 17.7. The lowest BCUT2D eigenvalue weighted by molar-refractivity contribution is -0.165. The molecule has 0 radical (unpaired) electrons. The van der Waals surface area contributed by atoms with Gasteiger partial charge in [0.2, 0.25) is 0 Å². The van der Waals surface area contributed by atoms with Gasteiger partial charge in [0.1, 0.15) is 12.1 Å². The number of nitrogens with zero attached hydrogens (tertiary/aromatic N) is 2. The highest BCUT2D eigenvalue weighted by molar-refractivity contribution is 5.76. The molecular weight excluding hydrogens is 404 g/mol. The predicted molar refractivity (Wildman–Crippen MR) is 125 cm³/mol. The van der Waals surface area contributed by atoms with Crippen molar-refractivity contribution in [2.45, 2.75) is 44.6 Å². The molecule has 1 fully saturated rings. The molecule has 0 saturated carbocycles. The second kappa shape index (κ2) is 13.3. The second-order valence-corrected chi connectivity index (χ2v) is 8.61. The van der Waals surface area contributed by atoms with Crippen molar-refractivity contribution >= 4 is 5.97 Å². The SMILES string of the molecule is CN(C)CN1CCCC[C@H]1C(=O)OC(COCc1ccccc1)COCc1ccccc1. The summed E-state index contributed by atoms with van der Waals surface area (Å²) in [6, 6.07) is 19.8. The minimum atomic E-state index is -0.446. The van der Waals surface area contributed by atoms with Crippen molar-refractivity contribution < 1.29 is 19.0 Å². The van der Waals surface area contributed by atoms with Gasteiger partial charge in [-0.15, -0.1) is 0 Å². The Labute approximate surface area is 192 Å². The zero-order chi connectivity index (χ0) is 22.6. The van der Waals surface area contributed by atoms with Gasteiger partial charge in [-0.25, -0.2) is 0 Å². The van der Waals surface area contributed by atoms with Crippen LogP contribution >= 0.6 is 0 Å². The number of benzene rings is 2. The lowest BCUT2D eigenvalue weighted by atomic mass is 10.0. The standard InChI is InChI=1S/C26H36N2O4/c1-27(2)21-28-16-10-9-15-25(28)26(29)32-24(19-30-17-22-11-5-3-6-12-22)20-31-18-23-13-7-4-8-14-23/h3-8,11-14,24-25H,9-10,15-21H2,1-2H3/t25-/m0/s1. The molecule has 1 heterocycles. The third-order valence-electron chi connectivity index (χ3n) is 5.46. The first kappa shape index (κ1) is 24.4. The van der Waals surface area contributed by atoms with Crippen LogP contribution in [0.3, 0.4) is 0 Å². The van der Waals surface area contributed by atoms with Gasteiger partial charge in [0, 0.05) is 6.54 Å². The Hall–Kier alpha value is -2.25. The molecule has 1 saturated heterocycles. The third-order valence-corrected chi connectivity index (χ3v) is 5.46. The number of ether oxygens (including phenoxy) is 3. The normalized spacial score (nSPS) is 17.1. The van der Waals surface area contributed by atoms with Crippen LogP contribution in [0.25, 0.3) is 0 Å². The first-order valence-electron chi connectivity index (χ1n) is 11.4. The molecule has 1 atom stereocenters. The van der Waals surface area contributed by atoms with Crippen LogP contribution in [0, 0.1) is 0 Å². The molecule has 3 rings (SSSR count). The van der Waals surface area contributed by atoms with E-state index >= 15 is 0 Å². The van der Waals surface area contributed by atoms with Crippen LogP contribution < -0.4 is 0 Å². The van der Waals surface area contributed by atoms with Gasteiger partial charge in [0.25, 0.3) is 0 Å². The molecule has 1 aliphatic heterocycles. The molecule has 6 heteroatoms. The molecule has 2 aromatic carbocycles. The fourth-order valence-corrected chi connectivity index (χ4v) is 3.91. The van der Waals surface area contributed by atoms with Crippen molar-refractivity contribution in [2.75, 3.05) is 40.5 Å². The van der Waals surface area contributed by atoms with E-state index in [0.29, 0.717) is 26.4 Å². The molecule has 174 valence electrons. The Morgan fingerprint density at radius 2 is 1.50 bits per heavy atom. The number of piperidine rings is 1. The molecule has 2 aromatic rings. The summed E-state index contributed by atoms with van der Waals surface area (Å²) in [4.78, 5) is 17.4. The summed E-state index contributed by atoms with van der Waals surface area (Å²) in [7, 11) is 4.04. The van der Waals surface area contributed by atoms with E-state index in [2.05, 4.69) is 9.80 Å². The van der Waals surface area contributed by atoms with Gasteiger partial charge in [-0.1, -0.05) is 67.1 Å². The van der Waals surface area contributed by atoms with E-state index in [9.17, 15) is 4.79 Å². The Balaban J connectivity index is 1.55. The van der Waals surface area contributed by atoms with Gasteiger partial charge in [-0.05, 0) is 38.1 Å². The average molecular weight is 441 g/mol. The van der Waals surface area contributed by atoms with Crippen molar-refractivity contribution in [3.05, 3.63) is 71.8 Å². The van der Waals surface area contributed by atoms with Crippen LogP contribution in [0.4, 0.5) is 0 Å². The minimum absolute atomic E-state index is 0.178. The lowest BCUT2D eigenvalue weighted by Crippen LogP contribution is -2.50. The summed E-state index contributed by atoms with van der Waals surface area (Å²) in [5, 5.41) is 0. The molecule has 32 heavy (non-hydrogen) atoms. The van der Waals surface area contributed by atoms with E-state index in [1.807, 2.05) is 74.8 Å². The van der Waals surface area contributed by atoms with Crippen LogP contribution in [0.15, 0.2) is 60.7 Å². The summed E-state index contributed by atoms with van der Waals surface area (Å²) in [6.45, 7) is 3.22. The van der Waals surface area contributed by atoms with E-state index in [1.54, 1.807) is 0 Å². The van der Waals surface area contributed by atoms with Gasteiger partial charge < -0.3 is 14.2 Å². The molecular formula is C26H36N2O4. The third kappa shape index (κ3) is 8.36. The van der Waals surface area contributed by atoms with Crippen LogP contribution in [-0.2, 0) is 32.2 Å². The monoisotopic (exact) mass is 440 g/mol. The fourth-order valence-electron chi connectivity index (χ4n) is 3.91. The van der Waals surface area contributed by atoms with Crippen molar-refractivity contribution in [1.82, 2.24) is 9.80 Å². The summed E-state index contributed by atoms with van der Waals surface area (Å²) >= 11 is 0. The quantitative estimate of drug-likeness (QED) is 0.469. The van der Waals surface area contributed by atoms with Crippen molar-refractivity contribution in [3.8, 4) is 0 Å². The number of carbonyl (C=O) groups is 1. The van der Waals surface area contributed by atoms with Crippen LogP contribution in [0.5, 0.6) is 0 Å². The lowest BCUT2D eigenvalue weighted by Gasteiger charge is -2.36. The number of likely N-dealkylation sites (tertiary alicyclic amines) is 1. The van der Waals surface area contributed by atoms with E-state index in [1.165, 1.54) is 0 Å². The highest BCUT2D eigenvalue weighted by atomic mass is 16.6. The summed E-state index contributed by atoms with van der Waals surface area (Å²) in [5.41, 5.74) is 2.18. The number of esters is 1. The first-order chi connectivity index (χ1) is 15.6. The van der Waals surface area contributed by atoms with Gasteiger partial charge in [0.05, 0.1) is 33.1 Å². The van der Waals surface area contributed by atoms with Crippen molar-refractivity contribution in [1.29, 1.82) is 0 Å². The Bertz CT molecular complexity index is 739. The smallest absolute Gasteiger partial charge is 0.323 e. The van der Waals surface area contributed by atoms with E-state index < -0.39 is 6.10 Å². The largest absolute Gasteiger partial charge is 0.456 e. The van der Waals surface area contributed by atoms with Crippen molar-refractivity contribution in [3.63, 3.8) is 0 Å². The molecule has 0 amide bonds. The molecule has 0 spiro atoms.